The van der Waals surface area contributed by atoms with Crippen LogP contribution < -0.4 is 4.90 Å². The fourth-order valence-electron chi connectivity index (χ4n) is 7.29. The Morgan fingerprint density at radius 2 is 1.79 bits per heavy atom. The Balaban J connectivity index is 1.16. The fourth-order valence-corrected chi connectivity index (χ4v) is 7.29. The summed E-state index contributed by atoms with van der Waals surface area (Å²) >= 11 is 0. The van der Waals surface area contributed by atoms with Gasteiger partial charge in [0.1, 0.15) is 5.76 Å². The largest absolute Gasteiger partial charge is 0.445 e. The van der Waals surface area contributed by atoms with Crippen LogP contribution in [0.15, 0.2) is 39.4 Å². The lowest BCUT2D eigenvalue weighted by atomic mass is 9.53. The minimum Gasteiger partial charge on any atom is -0.445 e. The second-order valence-corrected chi connectivity index (χ2v) is 12.6. The molecule has 3 aromatic rings. The van der Waals surface area contributed by atoms with Crippen molar-refractivity contribution in [3.63, 3.8) is 0 Å². The van der Waals surface area contributed by atoms with E-state index in [0.29, 0.717) is 17.7 Å². The Labute approximate surface area is 224 Å². The number of aromatic nitrogens is 3. The number of anilines is 1. The van der Waals surface area contributed by atoms with Gasteiger partial charge in [0.25, 0.3) is 5.89 Å². The average molecular weight is 515 g/mol. The van der Waals surface area contributed by atoms with Crippen molar-refractivity contribution in [1.29, 1.82) is 0 Å². The van der Waals surface area contributed by atoms with Crippen LogP contribution in [0.4, 0.5) is 5.69 Å². The normalized spacial score (nSPS) is 27.5. The third-order valence-corrected chi connectivity index (χ3v) is 9.98. The van der Waals surface area contributed by atoms with Crippen LogP contribution in [0, 0.1) is 18.3 Å². The van der Waals surface area contributed by atoms with Crippen LogP contribution in [-0.2, 0) is 10.2 Å². The second kappa shape index (κ2) is 9.35. The van der Waals surface area contributed by atoms with E-state index in [-0.39, 0.29) is 16.7 Å². The summed E-state index contributed by atoms with van der Waals surface area (Å²) in [6, 6.07) is 8.23. The van der Waals surface area contributed by atoms with E-state index in [2.05, 4.69) is 32.2 Å². The number of oxazole rings is 1. The van der Waals surface area contributed by atoms with Crippen molar-refractivity contribution in [2.75, 3.05) is 11.4 Å². The van der Waals surface area contributed by atoms with E-state index in [0.717, 1.165) is 112 Å². The lowest BCUT2D eigenvalue weighted by Crippen LogP contribution is -2.51. The van der Waals surface area contributed by atoms with Gasteiger partial charge < -0.3 is 13.8 Å². The number of rotatable bonds is 7. The van der Waals surface area contributed by atoms with Crippen molar-refractivity contribution in [1.82, 2.24) is 15.1 Å². The van der Waals surface area contributed by atoms with E-state index >= 15 is 0 Å². The highest BCUT2D eigenvalue weighted by Gasteiger charge is 2.52. The maximum atomic E-state index is 14.1. The first-order valence-electron chi connectivity index (χ1n) is 14.7. The summed E-state index contributed by atoms with van der Waals surface area (Å²) in [6.45, 7) is 2.76. The number of amides is 1. The third kappa shape index (κ3) is 4.38. The molecule has 7 heteroatoms. The molecule has 0 spiro atoms. The summed E-state index contributed by atoms with van der Waals surface area (Å²) in [5.74, 6) is 4.06. The molecule has 200 valence electrons. The van der Waals surface area contributed by atoms with Crippen LogP contribution in [0.5, 0.6) is 0 Å². The molecule has 5 aliphatic carbocycles. The average Bonchev–Trinajstić information content (AvgIpc) is 3.53. The van der Waals surface area contributed by atoms with Crippen molar-refractivity contribution in [3.8, 4) is 11.5 Å². The van der Waals surface area contributed by atoms with Crippen molar-refractivity contribution < 1.29 is 13.7 Å². The number of benzene rings is 1. The van der Waals surface area contributed by atoms with Crippen molar-refractivity contribution in [2.45, 2.75) is 102 Å². The molecule has 1 amide bonds. The van der Waals surface area contributed by atoms with Gasteiger partial charge >= 0.3 is 0 Å². The summed E-state index contributed by atoms with van der Waals surface area (Å²) < 4.78 is 11.7. The molecular formula is C31H38N4O3. The van der Waals surface area contributed by atoms with Gasteiger partial charge in [0.2, 0.25) is 11.8 Å². The highest BCUT2D eigenvalue weighted by atomic mass is 16.5. The molecule has 0 atom stereocenters. The van der Waals surface area contributed by atoms with Gasteiger partial charge in [-0.3, -0.25) is 4.79 Å². The van der Waals surface area contributed by atoms with Gasteiger partial charge in [0.05, 0.1) is 6.20 Å². The number of fused-ring (bicyclic) bond motifs is 3. The number of hydrogen-bond donors (Lipinski definition) is 0. The lowest BCUT2D eigenvalue weighted by molar-refractivity contribution is -0.124. The summed E-state index contributed by atoms with van der Waals surface area (Å²) in [5.41, 5.74) is 2.08. The van der Waals surface area contributed by atoms with Crippen LogP contribution >= 0.6 is 0 Å². The minimum absolute atomic E-state index is 0.0748. The zero-order valence-electron chi connectivity index (χ0n) is 22.5. The third-order valence-electron chi connectivity index (χ3n) is 9.98. The molecule has 0 N–H and O–H groups in total. The molecular weight excluding hydrogens is 476 g/mol. The molecule has 2 heterocycles. The smallest absolute Gasteiger partial charge is 0.258 e. The number of aryl methyl sites for hydroxylation is 1. The topological polar surface area (TPSA) is 85.3 Å². The SMILES string of the molecule is Cc1cnc(C23CCC(CN(C(=O)C4CCCCC4)c4cccc(-c5nc(C6CC6)no5)c4)(CC2)CC3)o1. The van der Waals surface area contributed by atoms with E-state index in [1.54, 1.807) is 0 Å². The molecule has 38 heavy (non-hydrogen) atoms. The van der Waals surface area contributed by atoms with Crippen LogP contribution in [0.25, 0.3) is 11.5 Å². The Kier molecular flexibility index (Phi) is 5.93. The molecule has 8 rings (SSSR count). The molecule has 5 aliphatic rings. The Bertz CT molecular complexity index is 1290. The standard InChI is InChI=1S/C31H38N4O3/c1-21-19-32-29(37-21)31-15-12-30(13-16-31,14-17-31)20-35(28(36)23-6-3-2-4-7-23)25-9-5-8-24(18-25)27-33-26(34-38-27)22-10-11-22/h5,8-9,18-19,22-23H,2-4,6-7,10-17,20H2,1H3. The number of carbonyl (C=O) groups is 1. The Hall–Kier alpha value is -2.96. The minimum atomic E-state index is 0.0748. The van der Waals surface area contributed by atoms with Crippen LogP contribution in [-0.4, -0.2) is 27.6 Å². The van der Waals surface area contributed by atoms with Crippen molar-refractivity contribution in [3.05, 3.63) is 47.9 Å². The van der Waals surface area contributed by atoms with Crippen molar-refractivity contribution in [2.24, 2.45) is 11.3 Å². The Morgan fingerprint density at radius 1 is 1.03 bits per heavy atom. The molecule has 2 aromatic heterocycles. The van der Waals surface area contributed by atoms with Gasteiger partial charge in [0, 0.05) is 35.0 Å². The molecule has 5 saturated carbocycles. The number of hydrogen-bond acceptors (Lipinski definition) is 6. The van der Waals surface area contributed by atoms with Gasteiger partial charge in [0.15, 0.2) is 5.82 Å². The van der Waals surface area contributed by atoms with Gasteiger partial charge in [-0.05, 0) is 94.7 Å². The van der Waals surface area contributed by atoms with Gasteiger partial charge in [-0.25, -0.2) is 4.98 Å². The van der Waals surface area contributed by atoms with E-state index in [9.17, 15) is 4.79 Å². The van der Waals surface area contributed by atoms with Gasteiger partial charge in [-0.1, -0.05) is 30.5 Å². The monoisotopic (exact) mass is 514 g/mol. The summed E-state index contributed by atoms with van der Waals surface area (Å²) in [6.07, 6.45) is 16.3. The second-order valence-electron chi connectivity index (χ2n) is 12.6. The number of nitrogens with zero attached hydrogens (tertiary/aromatic N) is 4. The van der Waals surface area contributed by atoms with Crippen LogP contribution in [0.2, 0.25) is 0 Å². The predicted octanol–water partition coefficient (Wildman–Crippen LogP) is 7.12. The van der Waals surface area contributed by atoms with E-state index < -0.39 is 0 Å². The van der Waals surface area contributed by atoms with Crippen LogP contribution in [0.1, 0.15) is 107 Å². The first kappa shape index (κ1) is 24.1. The zero-order chi connectivity index (χ0) is 25.7. The highest BCUT2D eigenvalue weighted by Crippen LogP contribution is 2.58. The van der Waals surface area contributed by atoms with Crippen molar-refractivity contribution >= 4 is 11.6 Å². The van der Waals surface area contributed by atoms with E-state index in [1.807, 2.05) is 25.3 Å². The maximum absolute atomic E-state index is 14.1. The van der Waals surface area contributed by atoms with Crippen LogP contribution in [0.3, 0.4) is 0 Å². The van der Waals surface area contributed by atoms with Gasteiger partial charge in [-0.2, -0.15) is 4.98 Å². The molecule has 0 saturated heterocycles. The molecule has 7 nitrogen and oxygen atoms in total. The first-order chi connectivity index (χ1) is 18.5. The molecule has 0 radical (unpaired) electrons. The zero-order valence-corrected chi connectivity index (χ0v) is 22.5. The highest BCUT2D eigenvalue weighted by molar-refractivity contribution is 5.95. The Morgan fingerprint density at radius 3 is 2.47 bits per heavy atom. The lowest BCUT2D eigenvalue weighted by Gasteiger charge is -2.53. The number of carbonyl (C=O) groups excluding carboxylic acids is 1. The van der Waals surface area contributed by atoms with Gasteiger partial charge in [-0.15, -0.1) is 0 Å². The summed E-state index contributed by atoms with van der Waals surface area (Å²) in [5, 5.41) is 4.21. The first-order valence-corrected chi connectivity index (χ1v) is 14.7. The molecule has 0 aliphatic heterocycles. The molecule has 2 bridgehead atoms. The summed E-state index contributed by atoms with van der Waals surface area (Å²) in [4.78, 5) is 25.6. The molecule has 5 fully saturated rings. The fraction of sp³-hybridized carbons (Fsp3) is 0.613. The van der Waals surface area contributed by atoms with E-state index in [1.165, 1.54) is 6.42 Å². The molecule has 1 aromatic carbocycles. The predicted molar refractivity (Wildman–Crippen MR) is 144 cm³/mol. The molecule has 0 unspecified atom stereocenters. The summed E-state index contributed by atoms with van der Waals surface area (Å²) in [7, 11) is 0. The maximum Gasteiger partial charge on any atom is 0.258 e. The quantitative estimate of drug-likeness (QED) is 0.334. The van der Waals surface area contributed by atoms with E-state index in [4.69, 9.17) is 8.94 Å².